The van der Waals surface area contributed by atoms with Gasteiger partial charge >= 0.3 is 5.97 Å². The average Bonchev–Trinajstić information content (AvgIpc) is 2.65. The summed E-state index contributed by atoms with van der Waals surface area (Å²) in [5.74, 6) is -1.75. The van der Waals surface area contributed by atoms with Crippen molar-refractivity contribution >= 4 is 34.1 Å². The van der Waals surface area contributed by atoms with Crippen LogP contribution >= 0.6 is 11.3 Å². The molecule has 6 nitrogen and oxygen atoms in total. The lowest BCUT2D eigenvalue weighted by Gasteiger charge is -2.06. The number of hydrogen-bond acceptors (Lipinski definition) is 5. The summed E-state index contributed by atoms with van der Waals surface area (Å²) in [4.78, 5) is 34.9. The Balaban J connectivity index is 3.27. The maximum Gasteiger partial charge on any atom is 0.348 e. The van der Waals surface area contributed by atoms with Crippen molar-refractivity contribution in [1.29, 1.82) is 0 Å². The summed E-state index contributed by atoms with van der Waals surface area (Å²) in [5.41, 5.74) is 5.86. The van der Waals surface area contributed by atoms with Gasteiger partial charge in [0.25, 0.3) is 5.91 Å². The number of carbonyl (C=O) groups is 3. The molecule has 0 aliphatic carbocycles. The number of hydrogen-bond donors (Lipinski definition) is 2. The monoisotopic (exact) mass is 284 g/mol. The van der Waals surface area contributed by atoms with E-state index in [1.807, 2.05) is 0 Å². The van der Waals surface area contributed by atoms with Crippen LogP contribution in [0.25, 0.3) is 0 Å². The minimum Gasteiger partial charge on any atom is -0.465 e. The van der Waals surface area contributed by atoms with Crippen molar-refractivity contribution < 1.29 is 19.1 Å². The maximum absolute atomic E-state index is 11.7. The molecule has 0 spiro atoms. The predicted octanol–water partition coefficient (Wildman–Crippen LogP) is 1.54. The summed E-state index contributed by atoms with van der Waals surface area (Å²) >= 11 is 0.986. The SMILES string of the molecule is COC(=O)c1sc(NC(=O)C(C)C)c(C(N)=O)c1C. The molecule has 1 aromatic rings. The van der Waals surface area contributed by atoms with Crippen LogP contribution in [0, 0.1) is 12.8 Å². The molecule has 0 aliphatic rings. The molecular weight excluding hydrogens is 268 g/mol. The van der Waals surface area contributed by atoms with Crippen LogP contribution in [0.2, 0.25) is 0 Å². The number of rotatable bonds is 4. The highest BCUT2D eigenvalue weighted by Crippen LogP contribution is 2.33. The number of amides is 2. The third kappa shape index (κ3) is 3.11. The molecule has 1 heterocycles. The van der Waals surface area contributed by atoms with Gasteiger partial charge in [0.05, 0.1) is 12.7 Å². The average molecular weight is 284 g/mol. The molecule has 2 amide bonds. The lowest BCUT2D eigenvalue weighted by molar-refractivity contribution is -0.118. The highest BCUT2D eigenvalue weighted by molar-refractivity contribution is 7.18. The molecule has 1 rings (SSSR count). The molecule has 0 fully saturated rings. The molecule has 19 heavy (non-hydrogen) atoms. The zero-order valence-corrected chi connectivity index (χ0v) is 12.0. The van der Waals surface area contributed by atoms with Crippen LogP contribution in [0.3, 0.4) is 0 Å². The Bertz CT molecular complexity index is 534. The van der Waals surface area contributed by atoms with Crippen LogP contribution in [0.4, 0.5) is 5.00 Å². The van der Waals surface area contributed by atoms with E-state index in [0.29, 0.717) is 5.56 Å². The molecule has 0 bridgehead atoms. The molecule has 0 saturated heterocycles. The van der Waals surface area contributed by atoms with Crippen molar-refractivity contribution in [2.75, 3.05) is 12.4 Å². The number of esters is 1. The van der Waals surface area contributed by atoms with E-state index in [0.717, 1.165) is 11.3 Å². The van der Waals surface area contributed by atoms with Crippen LogP contribution in [0.5, 0.6) is 0 Å². The van der Waals surface area contributed by atoms with E-state index in [4.69, 9.17) is 5.73 Å². The Morgan fingerprint density at radius 1 is 1.32 bits per heavy atom. The van der Waals surface area contributed by atoms with Gasteiger partial charge in [0.1, 0.15) is 9.88 Å². The van der Waals surface area contributed by atoms with Gasteiger partial charge in [-0.05, 0) is 12.5 Å². The Kier molecular flexibility index (Phi) is 4.66. The van der Waals surface area contributed by atoms with Crippen molar-refractivity contribution in [2.24, 2.45) is 11.7 Å². The number of carbonyl (C=O) groups excluding carboxylic acids is 3. The van der Waals surface area contributed by atoms with Crippen molar-refractivity contribution in [3.05, 3.63) is 16.0 Å². The molecule has 3 N–H and O–H groups in total. The Morgan fingerprint density at radius 3 is 2.32 bits per heavy atom. The van der Waals surface area contributed by atoms with E-state index in [1.54, 1.807) is 20.8 Å². The van der Waals surface area contributed by atoms with Crippen molar-refractivity contribution in [3.8, 4) is 0 Å². The second-order valence-corrected chi connectivity index (χ2v) is 5.28. The number of anilines is 1. The van der Waals surface area contributed by atoms with Crippen molar-refractivity contribution in [3.63, 3.8) is 0 Å². The number of primary amides is 1. The lowest BCUT2D eigenvalue weighted by atomic mass is 10.1. The molecule has 0 saturated carbocycles. The second kappa shape index (κ2) is 5.83. The van der Waals surface area contributed by atoms with Gasteiger partial charge in [-0.15, -0.1) is 11.3 Å². The first-order valence-electron chi connectivity index (χ1n) is 5.62. The zero-order chi connectivity index (χ0) is 14.7. The summed E-state index contributed by atoms with van der Waals surface area (Å²) in [6.07, 6.45) is 0. The van der Waals surface area contributed by atoms with Gasteiger partial charge in [0.15, 0.2) is 0 Å². The largest absolute Gasteiger partial charge is 0.465 e. The molecule has 0 atom stereocenters. The van der Waals surface area contributed by atoms with E-state index in [-0.39, 0.29) is 27.3 Å². The second-order valence-electron chi connectivity index (χ2n) is 4.26. The molecule has 0 aromatic carbocycles. The summed E-state index contributed by atoms with van der Waals surface area (Å²) in [6, 6.07) is 0. The van der Waals surface area contributed by atoms with Gasteiger partial charge in [-0.1, -0.05) is 13.8 Å². The van der Waals surface area contributed by atoms with Crippen LogP contribution in [0.1, 0.15) is 39.4 Å². The van der Waals surface area contributed by atoms with Crippen LogP contribution in [0.15, 0.2) is 0 Å². The summed E-state index contributed by atoms with van der Waals surface area (Å²) < 4.78 is 4.62. The minimum atomic E-state index is -0.692. The highest BCUT2D eigenvalue weighted by atomic mass is 32.1. The highest BCUT2D eigenvalue weighted by Gasteiger charge is 2.25. The maximum atomic E-state index is 11.7. The zero-order valence-electron chi connectivity index (χ0n) is 11.2. The number of nitrogens with one attached hydrogen (secondary N) is 1. The van der Waals surface area contributed by atoms with Gasteiger partial charge in [-0.2, -0.15) is 0 Å². The predicted molar refractivity (Wildman–Crippen MR) is 72.4 cm³/mol. The third-order valence-electron chi connectivity index (χ3n) is 2.53. The van der Waals surface area contributed by atoms with Gasteiger partial charge in [0, 0.05) is 5.92 Å². The van der Waals surface area contributed by atoms with Crippen molar-refractivity contribution in [2.45, 2.75) is 20.8 Å². The van der Waals surface area contributed by atoms with Crippen LogP contribution < -0.4 is 11.1 Å². The van der Waals surface area contributed by atoms with Gasteiger partial charge < -0.3 is 15.8 Å². The summed E-state index contributed by atoms with van der Waals surface area (Å²) in [6.45, 7) is 5.04. The first kappa shape index (κ1) is 15.2. The van der Waals surface area contributed by atoms with Gasteiger partial charge in [-0.25, -0.2) is 4.79 Å². The topological polar surface area (TPSA) is 98.5 Å². The van der Waals surface area contributed by atoms with E-state index in [9.17, 15) is 14.4 Å². The van der Waals surface area contributed by atoms with Crippen LogP contribution in [-0.2, 0) is 9.53 Å². The third-order valence-corrected chi connectivity index (χ3v) is 3.71. The Labute approximate surface area is 114 Å². The molecule has 7 heteroatoms. The van der Waals surface area contributed by atoms with E-state index < -0.39 is 11.9 Å². The molecule has 0 aliphatic heterocycles. The number of ether oxygens (including phenoxy) is 1. The number of nitrogens with two attached hydrogens (primary N) is 1. The molecule has 1 aromatic heterocycles. The number of methoxy groups -OCH3 is 1. The van der Waals surface area contributed by atoms with E-state index >= 15 is 0 Å². The minimum absolute atomic E-state index is 0.152. The summed E-state index contributed by atoms with van der Waals surface area (Å²) in [5, 5.41) is 2.88. The van der Waals surface area contributed by atoms with Gasteiger partial charge in [0.2, 0.25) is 5.91 Å². The van der Waals surface area contributed by atoms with Crippen molar-refractivity contribution in [1.82, 2.24) is 0 Å². The quantitative estimate of drug-likeness (QED) is 0.819. The normalized spacial score (nSPS) is 10.4. The van der Waals surface area contributed by atoms with Gasteiger partial charge in [-0.3, -0.25) is 9.59 Å². The summed E-state index contributed by atoms with van der Waals surface area (Å²) in [7, 11) is 1.25. The number of thiophene rings is 1. The van der Waals surface area contributed by atoms with E-state index in [2.05, 4.69) is 10.1 Å². The molecule has 104 valence electrons. The first-order chi connectivity index (χ1) is 8.79. The lowest BCUT2D eigenvalue weighted by Crippen LogP contribution is -2.20. The first-order valence-corrected chi connectivity index (χ1v) is 6.43. The Hall–Kier alpha value is -1.89. The fourth-order valence-electron chi connectivity index (χ4n) is 1.44. The van der Waals surface area contributed by atoms with E-state index in [1.165, 1.54) is 7.11 Å². The smallest absolute Gasteiger partial charge is 0.348 e. The Morgan fingerprint density at radius 2 is 1.89 bits per heavy atom. The fourth-order valence-corrected chi connectivity index (χ4v) is 2.58. The molecular formula is C12H16N2O4S. The molecule has 0 unspecified atom stereocenters. The fraction of sp³-hybridized carbons (Fsp3) is 0.417. The standard InChI is InChI=1S/C12H16N2O4S/c1-5(2)10(16)14-11-7(9(13)15)6(3)8(19-11)12(17)18-4/h5H,1-4H3,(H2,13,15)(H,14,16). The molecule has 0 radical (unpaired) electrons. The van der Waals surface area contributed by atoms with Crippen LogP contribution in [-0.4, -0.2) is 24.9 Å².